The van der Waals surface area contributed by atoms with Gasteiger partial charge in [0.1, 0.15) is 0 Å². The van der Waals surface area contributed by atoms with Crippen LogP contribution in [0.2, 0.25) is 0 Å². The first-order valence-electron chi connectivity index (χ1n) is 11.3. The summed E-state index contributed by atoms with van der Waals surface area (Å²) in [5, 5.41) is 3.55. The maximum absolute atomic E-state index is 6.16. The molecule has 0 saturated carbocycles. The maximum Gasteiger partial charge on any atom is 0.193 e. The van der Waals surface area contributed by atoms with Crippen molar-refractivity contribution in [1.29, 1.82) is 0 Å². The molecule has 28 heavy (non-hydrogen) atoms. The van der Waals surface area contributed by atoms with Gasteiger partial charge in [0.2, 0.25) is 0 Å². The summed E-state index contributed by atoms with van der Waals surface area (Å²) in [6.07, 6.45) is 6.81. The summed E-state index contributed by atoms with van der Waals surface area (Å²) >= 11 is 0. The fourth-order valence-corrected chi connectivity index (χ4v) is 5.12. The lowest BCUT2D eigenvalue weighted by Gasteiger charge is -2.39. The molecule has 1 N–H and O–H groups in total. The minimum atomic E-state index is 0. The van der Waals surface area contributed by atoms with E-state index in [4.69, 9.17) is 9.73 Å². The van der Waals surface area contributed by atoms with E-state index < -0.39 is 0 Å². The standard InChI is InChI=1S/C22H42N4O.HI/c1-5-23-21(24-15-19-9-8-14-27-20(19)22(2,3)4)26-13-10-18(17-26)16-25-11-6-7-12-25;/h18-20H,5-17H2,1-4H3,(H,23,24);1H. The molecule has 3 aliphatic rings. The number of nitrogens with zero attached hydrogens (tertiary/aromatic N) is 3. The minimum absolute atomic E-state index is 0. The van der Waals surface area contributed by atoms with Gasteiger partial charge in [0, 0.05) is 45.2 Å². The number of hydrogen-bond donors (Lipinski definition) is 1. The van der Waals surface area contributed by atoms with E-state index in [-0.39, 0.29) is 29.4 Å². The van der Waals surface area contributed by atoms with Gasteiger partial charge in [0.25, 0.3) is 0 Å². The molecule has 0 aliphatic carbocycles. The second-order valence-corrected chi connectivity index (χ2v) is 9.86. The number of rotatable bonds is 5. The fraction of sp³-hybridized carbons (Fsp3) is 0.955. The monoisotopic (exact) mass is 506 g/mol. The molecule has 3 aliphatic heterocycles. The summed E-state index contributed by atoms with van der Waals surface area (Å²) in [6.45, 7) is 18.0. The number of hydrogen-bond acceptors (Lipinski definition) is 3. The van der Waals surface area contributed by atoms with E-state index in [1.54, 1.807) is 0 Å². The summed E-state index contributed by atoms with van der Waals surface area (Å²) in [7, 11) is 0. The lowest BCUT2D eigenvalue weighted by atomic mass is 9.78. The van der Waals surface area contributed by atoms with Crippen molar-refractivity contribution >= 4 is 29.9 Å². The van der Waals surface area contributed by atoms with Crippen molar-refractivity contribution in [1.82, 2.24) is 15.1 Å². The highest BCUT2D eigenvalue weighted by Gasteiger charge is 2.35. The molecule has 3 saturated heterocycles. The van der Waals surface area contributed by atoms with Crippen LogP contribution in [-0.2, 0) is 4.74 Å². The van der Waals surface area contributed by atoms with Gasteiger partial charge in [-0.2, -0.15) is 0 Å². The van der Waals surface area contributed by atoms with Gasteiger partial charge in [-0.3, -0.25) is 4.99 Å². The lowest BCUT2D eigenvalue weighted by molar-refractivity contribution is -0.0824. The van der Waals surface area contributed by atoms with Gasteiger partial charge in [-0.1, -0.05) is 20.8 Å². The molecule has 0 radical (unpaired) electrons. The van der Waals surface area contributed by atoms with Crippen LogP contribution in [0.25, 0.3) is 0 Å². The molecular weight excluding hydrogens is 463 g/mol. The Balaban J connectivity index is 0.00000280. The molecule has 0 spiro atoms. The zero-order valence-corrected chi connectivity index (χ0v) is 20.9. The van der Waals surface area contributed by atoms with Crippen molar-refractivity contribution in [2.45, 2.75) is 65.9 Å². The number of likely N-dealkylation sites (tertiary alicyclic amines) is 2. The molecule has 0 aromatic carbocycles. The van der Waals surface area contributed by atoms with E-state index in [9.17, 15) is 0 Å². The normalized spacial score (nSPS) is 29.8. The van der Waals surface area contributed by atoms with Gasteiger partial charge in [0.05, 0.1) is 6.10 Å². The van der Waals surface area contributed by atoms with Crippen LogP contribution in [0, 0.1) is 17.3 Å². The zero-order valence-electron chi connectivity index (χ0n) is 18.6. The third-order valence-electron chi connectivity index (χ3n) is 6.41. The van der Waals surface area contributed by atoms with Crippen LogP contribution in [0.1, 0.15) is 59.8 Å². The predicted molar refractivity (Wildman–Crippen MR) is 129 cm³/mol. The van der Waals surface area contributed by atoms with Crippen molar-refractivity contribution in [3.8, 4) is 0 Å². The van der Waals surface area contributed by atoms with E-state index in [1.807, 2.05) is 0 Å². The molecule has 6 heteroatoms. The minimum Gasteiger partial charge on any atom is -0.377 e. The summed E-state index contributed by atoms with van der Waals surface area (Å²) in [4.78, 5) is 10.2. The highest BCUT2D eigenvalue weighted by Crippen LogP contribution is 2.34. The molecule has 3 rings (SSSR count). The summed E-state index contributed by atoms with van der Waals surface area (Å²) in [5.74, 6) is 2.46. The molecule has 3 unspecified atom stereocenters. The van der Waals surface area contributed by atoms with E-state index in [2.05, 4.69) is 42.8 Å². The second kappa shape index (κ2) is 11.3. The largest absolute Gasteiger partial charge is 0.377 e. The quantitative estimate of drug-likeness (QED) is 0.350. The Morgan fingerprint density at radius 1 is 1.11 bits per heavy atom. The Kier molecular flexibility index (Phi) is 9.81. The van der Waals surface area contributed by atoms with Crippen LogP contribution in [0.3, 0.4) is 0 Å². The number of guanidine groups is 1. The van der Waals surface area contributed by atoms with Crippen LogP contribution in [0.15, 0.2) is 4.99 Å². The van der Waals surface area contributed by atoms with Gasteiger partial charge < -0.3 is 19.9 Å². The Morgan fingerprint density at radius 3 is 2.54 bits per heavy atom. The Hall–Kier alpha value is -0.0800. The van der Waals surface area contributed by atoms with Gasteiger partial charge in [-0.25, -0.2) is 0 Å². The number of nitrogens with one attached hydrogen (secondary N) is 1. The smallest absolute Gasteiger partial charge is 0.193 e. The molecule has 3 atom stereocenters. The molecule has 5 nitrogen and oxygen atoms in total. The first-order valence-corrected chi connectivity index (χ1v) is 11.3. The highest BCUT2D eigenvalue weighted by atomic mass is 127. The fourth-order valence-electron chi connectivity index (χ4n) is 5.12. The molecule has 0 aromatic rings. The third kappa shape index (κ3) is 6.73. The van der Waals surface area contributed by atoms with Crippen LogP contribution >= 0.6 is 24.0 Å². The number of halogens is 1. The summed E-state index contributed by atoms with van der Waals surface area (Å²) in [6, 6.07) is 0. The average molecular weight is 507 g/mol. The SMILES string of the molecule is CCNC(=NCC1CCCOC1C(C)(C)C)N1CCC(CN2CCCC2)C1.I. The molecular formula is C22H43IN4O. The number of ether oxygens (including phenoxy) is 1. The summed E-state index contributed by atoms with van der Waals surface area (Å²) < 4.78 is 6.16. The molecule has 0 bridgehead atoms. The number of aliphatic imine (C=N–C) groups is 1. The van der Waals surface area contributed by atoms with Gasteiger partial charge in [-0.15, -0.1) is 24.0 Å². The van der Waals surface area contributed by atoms with Crippen molar-refractivity contribution in [3.63, 3.8) is 0 Å². The van der Waals surface area contributed by atoms with Gasteiger partial charge in [-0.05, 0) is 63.5 Å². The van der Waals surface area contributed by atoms with Crippen LogP contribution in [0.4, 0.5) is 0 Å². The molecule has 164 valence electrons. The van der Waals surface area contributed by atoms with Crippen molar-refractivity contribution in [3.05, 3.63) is 0 Å². The van der Waals surface area contributed by atoms with Crippen molar-refractivity contribution in [2.24, 2.45) is 22.2 Å². The van der Waals surface area contributed by atoms with Crippen LogP contribution < -0.4 is 5.32 Å². The van der Waals surface area contributed by atoms with E-state index in [0.29, 0.717) is 12.0 Å². The van der Waals surface area contributed by atoms with E-state index in [0.717, 1.165) is 44.7 Å². The third-order valence-corrected chi connectivity index (χ3v) is 6.41. The molecule has 0 aromatic heterocycles. The zero-order chi connectivity index (χ0) is 19.3. The van der Waals surface area contributed by atoms with E-state index in [1.165, 1.54) is 51.7 Å². The van der Waals surface area contributed by atoms with Crippen LogP contribution in [0.5, 0.6) is 0 Å². The van der Waals surface area contributed by atoms with Gasteiger partial charge in [0.15, 0.2) is 5.96 Å². The van der Waals surface area contributed by atoms with Crippen LogP contribution in [-0.4, -0.2) is 74.3 Å². The average Bonchev–Trinajstić information content (AvgIpc) is 3.30. The molecule has 3 fully saturated rings. The molecule has 0 amide bonds. The second-order valence-electron chi connectivity index (χ2n) is 9.86. The highest BCUT2D eigenvalue weighted by molar-refractivity contribution is 14.0. The lowest BCUT2D eigenvalue weighted by Crippen LogP contribution is -2.43. The van der Waals surface area contributed by atoms with Crippen molar-refractivity contribution in [2.75, 3.05) is 52.4 Å². The van der Waals surface area contributed by atoms with Gasteiger partial charge >= 0.3 is 0 Å². The predicted octanol–water partition coefficient (Wildman–Crippen LogP) is 3.83. The first kappa shape index (κ1) is 24.2. The summed E-state index contributed by atoms with van der Waals surface area (Å²) in [5.41, 5.74) is 0.188. The molecule has 3 heterocycles. The Labute approximate surface area is 190 Å². The van der Waals surface area contributed by atoms with Crippen molar-refractivity contribution < 1.29 is 4.74 Å². The Morgan fingerprint density at radius 2 is 1.86 bits per heavy atom. The van der Waals surface area contributed by atoms with E-state index >= 15 is 0 Å². The topological polar surface area (TPSA) is 40.1 Å². The Bertz CT molecular complexity index is 487. The maximum atomic E-state index is 6.16. The first-order chi connectivity index (χ1) is 13.0.